The molecule has 2 aliphatic carbocycles. The highest BCUT2D eigenvalue weighted by molar-refractivity contribution is 4.98. The molecule has 2 nitrogen and oxygen atoms in total. The molecule has 0 spiro atoms. The van der Waals surface area contributed by atoms with Gasteiger partial charge in [-0.3, -0.25) is 0 Å². The number of ether oxygens (including phenoxy) is 2. The molecule has 6 atom stereocenters. The van der Waals surface area contributed by atoms with Crippen molar-refractivity contribution in [3.8, 4) is 0 Å². The highest BCUT2D eigenvalue weighted by Crippen LogP contribution is 2.36. The summed E-state index contributed by atoms with van der Waals surface area (Å²) in [7, 11) is 0. The van der Waals surface area contributed by atoms with Crippen LogP contribution in [0.5, 0.6) is 0 Å². The van der Waals surface area contributed by atoms with E-state index in [4.69, 9.17) is 9.47 Å². The Morgan fingerprint density at radius 1 is 0.654 bits per heavy atom. The molecule has 0 saturated heterocycles. The van der Waals surface area contributed by atoms with Crippen LogP contribution in [-0.4, -0.2) is 12.2 Å². The molecule has 0 aromatic carbocycles. The Bertz CT molecular complexity index is 409. The largest absolute Gasteiger partial charge is 0.498 e. The molecule has 0 aliphatic heterocycles. The van der Waals surface area contributed by atoms with E-state index in [0.717, 1.165) is 11.8 Å². The summed E-state index contributed by atoms with van der Waals surface area (Å²) in [4.78, 5) is 0. The third kappa shape index (κ3) is 6.35. The van der Waals surface area contributed by atoms with Gasteiger partial charge in [0.15, 0.2) is 0 Å². The summed E-state index contributed by atoms with van der Waals surface area (Å²) in [5.74, 6) is 4.33. The Morgan fingerprint density at radius 2 is 1.04 bits per heavy atom. The minimum atomic E-state index is 0.369. The minimum Gasteiger partial charge on any atom is -0.498 e. The van der Waals surface area contributed by atoms with Gasteiger partial charge in [0.25, 0.3) is 0 Å². The van der Waals surface area contributed by atoms with E-state index in [-0.39, 0.29) is 0 Å². The SMILES string of the molecule is CC1CCC(C(C)C)C(O/C=C/C=C/OC2CC(C)CCC2C(C)C)C1. The van der Waals surface area contributed by atoms with Crippen LogP contribution in [0.25, 0.3) is 0 Å². The fourth-order valence-electron chi connectivity index (χ4n) is 4.93. The quantitative estimate of drug-likeness (QED) is 0.359. The van der Waals surface area contributed by atoms with Crippen molar-refractivity contribution in [3.05, 3.63) is 24.7 Å². The Kier molecular flexibility index (Phi) is 8.57. The first-order valence-electron chi connectivity index (χ1n) is 11.0. The maximum Gasteiger partial charge on any atom is 0.101 e. The molecule has 150 valence electrons. The van der Waals surface area contributed by atoms with Crippen molar-refractivity contribution in [3.63, 3.8) is 0 Å². The first-order valence-corrected chi connectivity index (χ1v) is 11.0. The van der Waals surface area contributed by atoms with Gasteiger partial charge in [-0.2, -0.15) is 0 Å². The molecule has 0 aromatic heterocycles. The molecule has 2 fully saturated rings. The topological polar surface area (TPSA) is 18.5 Å². The van der Waals surface area contributed by atoms with E-state index >= 15 is 0 Å². The number of hydrogen-bond donors (Lipinski definition) is 0. The zero-order chi connectivity index (χ0) is 19.1. The van der Waals surface area contributed by atoms with Gasteiger partial charge in [-0.15, -0.1) is 0 Å². The second kappa shape index (κ2) is 10.4. The molecule has 2 saturated carbocycles. The highest BCUT2D eigenvalue weighted by atomic mass is 16.5. The third-order valence-corrected chi connectivity index (χ3v) is 6.70. The molecule has 0 radical (unpaired) electrons. The number of rotatable bonds is 7. The standard InChI is InChI=1S/C24H42O2/c1-17(2)21-11-9-19(5)15-23(21)25-13-7-8-14-26-24-16-20(6)10-12-22(24)18(3)4/h7-8,13-14,17-24H,9-12,15-16H2,1-6H3/b13-7+,14-8+. The van der Waals surface area contributed by atoms with Crippen molar-refractivity contribution < 1.29 is 9.47 Å². The monoisotopic (exact) mass is 362 g/mol. The highest BCUT2D eigenvalue weighted by Gasteiger charge is 2.32. The van der Waals surface area contributed by atoms with Crippen LogP contribution >= 0.6 is 0 Å². The van der Waals surface area contributed by atoms with Gasteiger partial charge in [-0.25, -0.2) is 0 Å². The zero-order valence-corrected chi connectivity index (χ0v) is 18.0. The second-order valence-electron chi connectivity index (χ2n) is 9.66. The van der Waals surface area contributed by atoms with Crippen LogP contribution in [0.4, 0.5) is 0 Å². The summed E-state index contributed by atoms with van der Waals surface area (Å²) in [6, 6.07) is 0. The van der Waals surface area contributed by atoms with Crippen LogP contribution in [-0.2, 0) is 9.47 Å². The van der Waals surface area contributed by atoms with Gasteiger partial charge in [0.2, 0.25) is 0 Å². The van der Waals surface area contributed by atoms with E-state index in [0.29, 0.717) is 35.9 Å². The van der Waals surface area contributed by atoms with Gasteiger partial charge in [0.1, 0.15) is 12.2 Å². The Hall–Kier alpha value is -0.920. The first-order chi connectivity index (χ1) is 12.4. The van der Waals surface area contributed by atoms with Crippen LogP contribution in [0.3, 0.4) is 0 Å². The van der Waals surface area contributed by atoms with Crippen molar-refractivity contribution in [1.82, 2.24) is 0 Å². The maximum absolute atomic E-state index is 6.11. The number of allylic oxidation sites excluding steroid dienone is 2. The van der Waals surface area contributed by atoms with Crippen LogP contribution in [0, 0.1) is 35.5 Å². The maximum atomic E-state index is 6.11. The average molecular weight is 363 g/mol. The molecule has 6 unspecified atom stereocenters. The summed E-state index contributed by atoms with van der Waals surface area (Å²) in [6.07, 6.45) is 16.1. The van der Waals surface area contributed by atoms with Crippen molar-refractivity contribution in [2.45, 2.75) is 92.3 Å². The lowest BCUT2D eigenvalue weighted by molar-refractivity contribution is 0.0121. The summed E-state index contributed by atoms with van der Waals surface area (Å²) < 4.78 is 12.2. The molecule has 2 rings (SSSR count). The normalized spacial score (nSPS) is 36.3. The second-order valence-corrected chi connectivity index (χ2v) is 9.66. The predicted octanol–water partition coefficient (Wildman–Crippen LogP) is 6.97. The molecule has 0 aromatic rings. The zero-order valence-electron chi connectivity index (χ0n) is 18.0. The smallest absolute Gasteiger partial charge is 0.101 e. The van der Waals surface area contributed by atoms with E-state index in [1.165, 1.54) is 38.5 Å². The predicted molar refractivity (Wildman–Crippen MR) is 111 cm³/mol. The van der Waals surface area contributed by atoms with E-state index in [1.807, 2.05) is 24.7 Å². The van der Waals surface area contributed by atoms with Crippen LogP contribution in [0.15, 0.2) is 24.7 Å². The summed E-state index contributed by atoms with van der Waals surface area (Å²) >= 11 is 0. The summed E-state index contributed by atoms with van der Waals surface area (Å²) in [6.45, 7) is 14.0. The fraction of sp³-hybridized carbons (Fsp3) is 0.833. The molecular weight excluding hydrogens is 320 g/mol. The lowest BCUT2D eigenvalue weighted by Gasteiger charge is -2.36. The Labute approximate surface area is 162 Å². The van der Waals surface area contributed by atoms with Gasteiger partial charge in [-0.1, -0.05) is 54.4 Å². The molecule has 0 heterocycles. The van der Waals surface area contributed by atoms with Crippen LogP contribution < -0.4 is 0 Å². The van der Waals surface area contributed by atoms with Crippen molar-refractivity contribution in [1.29, 1.82) is 0 Å². The van der Waals surface area contributed by atoms with Crippen molar-refractivity contribution >= 4 is 0 Å². The van der Waals surface area contributed by atoms with Gasteiger partial charge in [0.05, 0.1) is 12.5 Å². The van der Waals surface area contributed by atoms with Gasteiger partial charge in [-0.05, 0) is 73.3 Å². The Balaban J connectivity index is 1.79. The van der Waals surface area contributed by atoms with Gasteiger partial charge in [0, 0.05) is 0 Å². The van der Waals surface area contributed by atoms with E-state index in [9.17, 15) is 0 Å². The lowest BCUT2D eigenvalue weighted by atomic mass is 9.75. The molecule has 0 N–H and O–H groups in total. The summed E-state index contributed by atoms with van der Waals surface area (Å²) in [5.41, 5.74) is 0. The van der Waals surface area contributed by atoms with Crippen molar-refractivity contribution in [2.24, 2.45) is 35.5 Å². The molecule has 2 heteroatoms. The molecule has 2 aliphatic rings. The summed E-state index contributed by atoms with van der Waals surface area (Å²) in [5, 5.41) is 0. The van der Waals surface area contributed by atoms with Gasteiger partial charge < -0.3 is 9.47 Å². The molecular formula is C24H42O2. The fourth-order valence-corrected chi connectivity index (χ4v) is 4.93. The third-order valence-electron chi connectivity index (χ3n) is 6.70. The van der Waals surface area contributed by atoms with Crippen molar-refractivity contribution in [2.75, 3.05) is 0 Å². The van der Waals surface area contributed by atoms with Crippen LogP contribution in [0.2, 0.25) is 0 Å². The van der Waals surface area contributed by atoms with E-state index in [2.05, 4.69) is 41.5 Å². The van der Waals surface area contributed by atoms with E-state index in [1.54, 1.807) is 0 Å². The minimum absolute atomic E-state index is 0.369. The Morgan fingerprint density at radius 3 is 1.38 bits per heavy atom. The average Bonchev–Trinajstić information content (AvgIpc) is 2.57. The number of hydrogen-bond acceptors (Lipinski definition) is 2. The first kappa shape index (κ1) is 21.4. The van der Waals surface area contributed by atoms with Crippen LogP contribution in [0.1, 0.15) is 80.1 Å². The molecule has 0 amide bonds. The molecule has 0 bridgehead atoms. The van der Waals surface area contributed by atoms with E-state index < -0.39 is 0 Å². The molecule has 26 heavy (non-hydrogen) atoms. The lowest BCUT2D eigenvalue weighted by Crippen LogP contribution is -2.33. The van der Waals surface area contributed by atoms with Gasteiger partial charge >= 0.3 is 0 Å².